The van der Waals surface area contributed by atoms with E-state index in [0.29, 0.717) is 13.0 Å². The van der Waals surface area contributed by atoms with E-state index in [-0.39, 0.29) is 4.90 Å². The molecule has 1 aromatic rings. The minimum absolute atomic E-state index is 0.0884. The second kappa shape index (κ2) is 9.58. The van der Waals surface area contributed by atoms with E-state index in [1.165, 1.54) is 12.1 Å². The van der Waals surface area contributed by atoms with Crippen LogP contribution in [0.4, 0.5) is 0 Å². The summed E-state index contributed by atoms with van der Waals surface area (Å²) in [6.07, 6.45) is -2.30. The molecule has 2 fully saturated rings. The van der Waals surface area contributed by atoms with Crippen LogP contribution < -0.4 is 0 Å². The minimum atomic E-state index is -4.21. The fraction of sp³-hybridized carbons (Fsp3) is 0.667. The van der Waals surface area contributed by atoms with E-state index in [4.69, 9.17) is 23.9 Å². The molecule has 11 nitrogen and oxygen atoms in total. The number of aliphatic hydroxyl groups is 2. The monoisotopic (exact) mass is 443 g/mol. The zero-order valence-electron chi connectivity index (χ0n) is 16.5. The van der Waals surface area contributed by atoms with Gasteiger partial charge in [0, 0.05) is 11.5 Å². The van der Waals surface area contributed by atoms with Crippen LogP contribution in [0, 0.1) is 6.92 Å². The maximum atomic E-state index is 12.6. The van der Waals surface area contributed by atoms with Gasteiger partial charge in [-0.15, -0.1) is 0 Å². The third-order valence-electron chi connectivity index (χ3n) is 5.05. The van der Waals surface area contributed by atoms with Crippen LogP contribution in [0.3, 0.4) is 0 Å². The van der Waals surface area contributed by atoms with E-state index in [1.54, 1.807) is 12.1 Å². The van der Waals surface area contributed by atoms with E-state index in [1.807, 2.05) is 6.92 Å². The smallest absolute Gasteiger partial charge is 0.297 e. The van der Waals surface area contributed by atoms with Gasteiger partial charge in [-0.05, 0) is 43.9 Å². The number of nitrogens with zero attached hydrogens (tertiary/aromatic N) is 3. The van der Waals surface area contributed by atoms with Crippen LogP contribution in [0.5, 0.6) is 0 Å². The Morgan fingerprint density at radius 2 is 2.07 bits per heavy atom. The third-order valence-corrected chi connectivity index (χ3v) is 6.33. The average Bonchev–Trinajstić information content (AvgIpc) is 3.00. The number of aryl methyl sites for hydroxylation is 1. The fourth-order valence-electron chi connectivity index (χ4n) is 3.41. The summed E-state index contributed by atoms with van der Waals surface area (Å²) in [6, 6.07) is 6.00. The Morgan fingerprint density at radius 1 is 1.33 bits per heavy atom. The number of aliphatic hydroxyl groups excluding tert-OH is 2. The highest BCUT2D eigenvalue weighted by Gasteiger charge is 2.57. The molecule has 30 heavy (non-hydrogen) atoms. The highest BCUT2D eigenvalue weighted by Crippen LogP contribution is 2.38. The predicted molar refractivity (Wildman–Crippen MR) is 103 cm³/mol. The molecule has 2 saturated heterocycles. The van der Waals surface area contributed by atoms with Crippen molar-refractivity contribution in [3.63, 3.8) is 0 Å². The fourth-order valence-corrected chi connectivity index (χ4v) is 4.34. The van der Waals surface area contributed by atoms with E-state index in [2.05, 4.69) is 10.0 Å². The van der Waals surface area contributed by atoms with Crippen molar-refractivity contribution in [1.29, 1.82) is 0 Å². The van der Waals surface area contributed by atoms with Crippen molar-refractivity contribution >= 4 is 10.1 Å². The Morgan fingerprint density at radius 3 is 2.67 bits per heavy atom. The summed E-state index contributed by atoms with van der Waals surface area (Å²) < 4.78 is 47.2. The molecular formula is C18H25N3O8S. The van der Waals surface area contributed by atoms with Crippen LogP contribution in [0.15, 0.2) is 34.3 Å². The van der Waals surface area contributed by atoms with Gasteiger partial charge in [0.15, 0.2) is 6.29 Å². The summed E-state index contributed by atoms with van der Waals surface area (Å²) in [6.45, 7) is 0.925. The topological polar surface area (TPSA) is 160 Å². The summed E-state index contributed by atoms with van der Waals surface area (Å²) in [5, 5.41) is 23.7. The van der Waals surface area contributed by atoms with Gasteiger partial charge in [0.2, 0.25) is 5.72 Å². The Balaban J connectivity index is 1.85. The standard InChI is InChI=1S/C18H25N3O8S/c1-12-5-7-13(8-6-12)30(24,25)27-11-18(20-21-19)17(16(23)14(10-22)29-18)28-15-4-2-3-9-26-15/h5-8,14-17,22-23H,2-4,9-11H2,1H3/t14-,15?,16-,17-,18-/m1/s1. The number of benzene rings is 1. The van der Waals surface area contributed by atoms with Gasteiger partial charge in [-0.2, -0.15) is 8.42 Å². The van der Waals surface area contributed by atoms with Crippen LogP contribution in [0.1, 0.15) is 24.8 Å². The summed E-state index contributed by atoms with van der Waals surface area (Å²) >= 11 is 0. The Hall–Kier alpha value is -1.76. The maximum absolute atomic E-state index is 12.6. The van der Waals surface area contributed by atoms with E-state index < -0.39 is 53.7 Å². The molecule has 2 N–H and O–H groups in total. The van der Waals surface area contributed by atoms with Crippen LogP contribution in [-0.4, -0.2) is 68.8 Å². The molecular weight excluding hydrogens is 418 g/mol. The van der Waals surface area contributed by atoms with Crippen LogP contribution in [-0.2, 0) is 28.5 Å². The molecule has 2 aliphatic heterocycles. The molecule has 0 saturated carbocycles. The zero-order valence-corrected chi connectivity index (χ0v) is 17.3. The lowest BCUT2D eigenvalue weighted by molar-refractivity contribution is -0.227. The maximum Gasteiger partial charge on any atom is 0.297 e. The van der Waals surface area contributed by atoms with Gasteiger partial charge in [0.05, 0.1) is 11.5 Å². The van der Waals surface area contributed by atoms with Crippen molar-refractivity contribution in [3.05, 3.63) is 40.3 Å². The third kappa shape index (κ3) is 4.93. The lowest BCUT2D eigenvalue weighted by Gasteiger charge is -2.33. The lowest BCUT2D eigenvalue weighted by Crippen LogP contribution is -2.49. The summed E-state index contributed by atoms with van der Waals surface area (Å²) in [7, 11) is -4.21. The van der Waals surface area contributed by atoms with E-state index >= 15 is 0 Å². The molecule has 2 aliphatic rings. The van der Waals surface area contributed by atoms with Gasteiger partial charge in [-0.25, -0.2) is 0 Å². The summed E-state index contributed by atoms with van der Waals surface area (Å²) in [5.74, 6) is 0. The zero-order chi connectivity index (χ0) is 21.8. The molecule has 0 radical (unpaired) electrons. The molecule has 12 heteroatoms. The highest BCUT2D eigenvalue weighted by molar-refractivity contribution is 7.86. The van der Waals surface area contributed by atoms with Gasteiger partial charge in [0.25, 0.3) is 10.1 Å². The molecule has 1 aromatic carbocycles. The van der Waals surface area contributed by atoms with Crippen molar-refractivity contribution < 1.29 is 37.0 Å². The largest absolute Gasteiger partial charge is 0.394 e. The second-order valence-electron chi connectivity index (χ2n) is 7.25. The Kier molecular flexibility index (Phi) is 7.32. The number of rotatable bonds is 8. The number of ether oxygens (including phenoxy) is 3. The average molecular weight is 443 g/mol. The minimum Gasteiger partial charge on any atom is -0.394 e. The first-order valence-corrected chi connectivity index (χ1v) is 11.0. The first kappa shape index (κ1) is 22.9. The molecule has 1 unspecified atom stereocenters. The van der Waals surface area contributed by atoms with Crippen LogP contribution in [0.2, 0.25) is 0 Å². The van der Waals surface area contributed by atoms with Crippen LogP contribution >= 0.6 is 0 Å². The quantitative estimate of drug-likeness (QED) is 0.264. The van der Waals surface area contributed by atoms with E-state index in [9.17, 15) is 18.6 Å². The van der Waals surface area contributed by atoms with Crippen molar-refractivity contribution in [2.45, 2.75) is 61.4 Å². The van der Waals surface area contributed by atoms with Gasteiger partial charge in [0.1, 0.15) is 24.9 Å². The van der Waals surface area contributed by atoms with Crippen molar-refractivity contribution in [2.75, 3.05) is 19.8 Å². The first-order chi connectivity index (χ1) is 14.3. The molecule has 0 spiro atoms. The molecule has 5 atom stereocenters. The van der Waals surface area contributed by atoms with Crippen molar-refractivity contribution in [2.24, 2.45) is 5.11 Å². The number of hydrogen-bond donors (Lipinski definition) is 2. The highest BCUT2D eigenvalue weighted by atomic mass is 32.2. The normalized spacial score (nSPS) is 32.0. The summed E-state index contributed by atoms with van der Waals surface area (Å²) in [4.78, 5) is 2.64. The van der Waals surface area contributed by atoms with Gasteiger partial charge in [-0.1, -0.05) is 22.8 Å². The molecule has 3 rings (SSSR count). The number of azide groups is 1. The van der Waals surface area contributed by atoms with Gasteiger partial charge < -0.3 is 24.4 Å². The Bertz CT molecular complexity index is 868. The molecule has 0 amide bonds. The van der Waals surface area contributed by atoms with Crippen molar-refractivity contribution in [3.8, 4) is 0 Å². The molecule has 2 heterocycles. The predicted octanol–water partition coefficient (Wildman–Crippen LogP) is 1.37. The van der Waals surface area contributed by atoms with Gasteiger partial charge >= 0.3 is 0 Å². The molecule has 0 bridgehead atoms. The first-order valence-electron chi connectivity index (χ1n) is 9.57. The van der Waals surface area contributed by atoms with Crippen LogP contribution in [0.25, 0.3) is 10.4 Å². The van der Waals surface area contributed by atoms with E-state index in [0.717, 1.165) is 18.4 Å². The molecule has 0 aromatic heterocycles. The summed E-state index contributed by atoms with van der Waals surface area (Å²) in [5.41, 5.74) is 7.94. The molecule has 166 valence electrons. The SMILES string of the molecule is Cc1ccc(S(=O)(=O)OC[C@@]2(N=[N+]=[N-])O[C@H](CO)[C@@H](O)[C@H]2OC2CCCCO2)cc1. The molecule has 0 aliphatic carbocycles. The van der Waals surface area contributed by atoms with Gasteiger partial charge in [-0.3, -0.25) is 4.18 Å². The number of hydrogen-bond acceptors (Lipinski definition) is 9. The second-order valence-corrected chi connectivity index (χ2v) is 8.86. The van der Waals surface area contributed by atoms with Crippen molar-refractivity contribution in [1.82, 2.24) is 0 Å². The Labute approximate surface area is 174 Å². The lowest BCUT2D eigenvalue weighted by atomic mass is 10.0.